The summed E-state index contributed by atoms with van der Waals surface area (Å²) >= 11 is 0. The van der Waals surface area contributed by atoms with Gasteiger partial charge in [-0.2, -0.15) is 0 Å². The van der Waals surface area contributed by atoms with E-state index in [4.69, 9.17) is 6.42 Å². The molecule has 0 saturated carbocycles. The Labute approximate surface area is 123 Å². The van der Waals surface area contributed by atoms with Crippen molar-refractivity contribution in [3.8, 4) is 12.3 Å². The summed E-state index contributed by atoms with van der Waals surface area (Å²) in [5.74, 6) is 2.62. The Balaban J connectivity index is 2.25. The zero-order chi connectivity index (χ0) is 15.1. The molecule has 0 radical (unpaired) electrons. The van der Waals surface area contributed by atoms with Crippen molar-refractivity contribution in [1.82, 2.24) is 9.55 Å². The molecule has 108 valence electrons. The molecule has 4 nitrogen and oxygen atoms in total. The summed E-state index contributed by atoms with van der Waals surface area (Å²) in [4.78, 5) is 25.5. The molecule has 4 heteroatoms. The van der Waals surface area contributed by atoms with Gasteiger partial charge in [0.05, 0.1) is 0 Å². The average molecular weight is 282 g/mol. The number of rotatable bonds is 6. The molecule has 2 rings (SSSR count). The lowest BCUT2D eigenvalue weighted by Gasteiger charge is -2.19. The lowest BCUT2D eigenvalue weighted by molar-refractivity contribution is 0.432. The Hall–Kier alpha value is -2.54. The van der Waals surface area contributed by atoms with Crippen molar-refractivity contribution in [2.45, 2.75) is 31.7 Å². The van der Waals surface area contributed by atoms with Gasteiger partial charge in [-0.15, -0.1) is 12.3 Å². The Morgan fingerprint density at radius 2 is 1.95 bits per heavy atom. The standard InChI is InChI=1S/C17H18N2O2/c1-2-3-5-10-15(13-14-8-6-4-7-9-14)19-12-11-16(20)18-17(19)21/h1,4,6-9,11-12,15H,3,5,10,13H2,(H,18,20,21). The van der Waals surface area contributed by atoms with Crippen LogP contribution in [0.15, 0.2) is 52.2 Å². The Kier molecular flexibility index (Phi) is 5.16. The first-order chi connectivity index (χ1) is 10.2. The SMILES string of the molecule is C#CCCCC(Cc1ccccc1)n1ccc(=O)[nH]c1=O. The maximum atomic E-state index is 12.0. The van der Waals surface area contributed by atoms with Crippen molar-refractivity contribution in [3.63, 3.8) is 0 Å². The molecule has 0 spiro atoms. The zero-order valence-electron chi connectivity index (χ0n) is 11.8. The molecule has 0 bridgehead atoms. The molecule has 2 aromatic rings. The maximum absolute atomic E-state index is 12.0. The molecule has 0 aliphatic heterocycles. The Morgan fingerprint density at radius 3 is 2.62 bits per heavy atom. The lowest BCUT2D eigenvalue weighted by Crippen LogP contribution is -2.32. The van der Waals surface area contributed by atoms with Gasteiger partial charge in [0.1, 0.15) is 0 Å². The van der Waals surface area contributed by atoms with E-state index in [1.807, 2.05) is 30.3 Å². The van der Waals surface area contributed by atoms with Gasteiger partial charge in [0.25, 0.3) is 5.56 Å². The molecule has 1 atom stereocenters. The van der Waals surface area contributed by atoms with Gasteiger partial charge in [-0.1, -0.05) is 30.3 Å². The fraction of sp³-hybridized carbons (Fsp3) is 0.294. The van der Waals surface area contributed by atoms with Crippen LogP contribution in [0.25, 0.3) is 0 Å². The van der Waals surface area contributed by atoms with E-state index in [0.29, 0.717) is 6.42 Å². The largest absolute Gasteiger partial charge is 0.328 e. The minimum atomic E-state index is -0.377. The van der Waals surface area contributed by atoms with E-state index in [2.05, 4.69) is 10.9 Å². The molecule has 0 aliphatic carbocycles. The van der Waals surface area contributed by atoms with E-state index >= 15 is 0 Å². The predicted molar refractivity (Wildman–Crippen MR) is 83.2 cm³/mol. The number of hydrogen-bond donors (Lipinski definition) is 1. The third kappa shape index (κ3) is 4.22. The number of H-pyrrole nitrogens is 1. The molecule has 21 heavy (non-hydrogen) atoms. The second kappa shape index (κ2) is 7.30. The van der Waals surface area contributed by atoms with Crippen LogP contribution in [0.3, 0.4) is 0 Å². The highest BCUT2D eigenvalue weighted by atomic mass is 16.2. The van der Waals surface area contributed by atoms with Crippen LogP contribution in [0.5, 0.6) is 0 Å². The molecule has 1 heterocycles. The molecule has 1 unspecified atom stereocenters. The van der Waals surface area contributed by atoms with Gasteiger partial charge in [-0.25, -0.2) is 4.79 Å². The first kappa shape index (κ1) is 14.9. The molecule has 0 fully saturated rings. The average Bonchev–Trinajstić information content (AvgIpc) is 2.48. The Morgan fingerprint density at radius 1 is 1.19 bits per heavy atom. The van der Waals surface area contributed by atoms with Gasteiger partial charge >= 0.3 is 5.69 Å². The van der Waals surface area contributed by atoms with Crippen molar-refractivity contribution < 1.29 is 0 Å². The number of unbranched alkanes of at least 4 members (excludes halogenated alkanes) is 1. The van der Waals surface area contributed by atoms with Crippen LogP contribution in [0.1, 0.15) is 30.9 Å². The third-order valence-corrected chi connectivity index (χ3v) is 3.42. The van der Waals surface area contributed by atoms with Crippen molar-refractivity contribution in [2.75, 3.05) is 0 Å². The van der Waals surface area contributed by atoms with Crippen molar-refractivity contribution in [2.24, 2.45) is 0 Å². The first-order valence-electron chi connectivity index (χ1n) is 6.99. The van der Waals surface area contributed by atoms with Crippen molar-refractivity contribution in [1.29, 1.82) is 0 Å². The van der Waals surface area contributed by atoms with E-state index in [1.54, 1.807) is 10.8 Å². The number of nitrogens with zero attached hydrogens (tertiary/aromatic N) is 1. The van der Waals surface area contributed by atoms with Crippen LogP contribution in [0.2, 0.25) is 0 Å². The van der Waals surface area contributed by atoms with E-state index in [0.717, 1.165) is 24.8 Å². The normalized spacial score (nSPS) is 11.8. The van der Waals surface area contributed by atoms with Crippen molar-refractivity contribution >= 4 is 0 Å². The van der Waals surface area contributed by atoms with Gasteiger partial charge in [-0.3, -0.25) is 14.3 Å². The highest BCUT2D eigenvalue weighted by Crippen LogP contribution is 2.18. The van der Waals surface area contributed by atoms with Crippen LogP contribution in [0.4, 0.5) is 0 Å². The van der Waals surface area contributed by atoms with Crippen LogP contribution < -0.4 is 11.2 Å². The quantitative estimate of drug-likeness (QED) is 0.652. The summed E-state index contributed by atoms with van der Waals surface area (Å²) in [6.45, 7) is 0. The Bertz CT molecular complexity index is 723. The van der Waals surface area contributed by atoms with E-state index in [-0.39, 0.29) is 17.3 Å². The highest BCUT2D eigenvalue weighted by molar-refractivity contribution is 5.15. The van der Waals surface area contributed by atoms with E-state index in [9.17, 15) is 9.59 Å². The maximum Gasteiger partial charge on any atom is 0.328 e. The van der Waals surface area contributed by atoms with Crippen LogP contribution in [-0.4, -0.2) is 9.55 Å². The summed E-state index contributed by atoms with van der Waals surface area (Å²) in [5.41, 5.74) is 0.406. The second-order valence-corrected chi connectivity index (χ2v) is 4.96. The van der Waals surface area contributed by atoms with Gasteiger partial charge in [-0.05, 0) is 24.8 Å². The first-order valence-corrected chi connectivity index (χ1v) is 6.99. The number of terminal acetylenes is 1. The molecule has 1 N–H and O–H groups in total. The molecule has 1 aromatic heterocycles. The number of hydrogen-bond acceptors (Lipinski definition) is 2. The second-order valence-electron chi connectivity index (χ2n) is 4.96. The van der Waals surface area contributed by atoms with Crippen LogP contribution in [0, 0.1) is 12.3 Å². The number of benzene rings is 1. The molecule has 0 saturated heterocycles. The predicted octanol–water partition coefficient (Wildman–Crippen LogP) is 2.12. The molecule has 0 amide bonds. The van der Waals surface area contributed by atoms with E-state index < -0.39 is 0 Å². The van der Waals surface area contributed by atoms with Gasteiger partial charge < -0.3 is 0 Å². The molecule has 0 aliphatic rings. The summed E-state index contributed by atoms with van der Waals surface area (Å²) in [5, 5.41) is 0. The monoisotopic (exact) mass is 282 g/mol. The fourth-order valence-corrected chi connectivity index (χ4v) is 2.38. The minimum Gasteiger partial charge on any atom is -0.297 e. The molecular formula is C17H18N2O2. The fourth-order valence-electron chi connectivity index (χ4n) is 2.38. The van der Waals surface area contributed by atoms with Crippen LogP contribution in [-0.2, 0) is 6.42 Å². The van der Waals surface area contributed by atoms with Gasteiger partial charge in [0.15, 0.2) is 0 Å². The summed E-state index contributed by atoms with van der Waals surface area (Å²) in [6, 6.07) is 11.3. The number of nitrogens with one attached hydrogen (secondary N) is 1. The zero-order valence-corrected chi connectivity index (χ0v) is 11.8. The number of aromatic nitrogens is 2. The number of aromatic amines is 1. The van der Waals surface area contributed by atoms with Gasteiger partial charge in [0.2, 0.25) is 0 Å². The smallest absolute Gasteiger partial charge is 0.297 e. The third-order valence-electron chi connectivity index (χ3n) is 3.42. The molecule has 1 aromatic carbocycles. The van der Waals surface area contributed by atoms with Gasteiger partial charge in [0, 0.05) is 24.7 Å². The topological polar surface area (TPSA) is 54.9 Å². The van der Waals surface area contributed by atoms with Crippen molar-refractivity contribution in [3.05, 3.63) is 69.0 Å². The lowest BCUT2D eigenvalue weighted by atomic mass is 10.0. The van der Waals surface area contributed by atoms with Crippen LogP contribution >= 0.6 is 0 Å². The van der Waals surface area contributed by atoms with E-state index in [1.165, 1.54) is 6.07 Å². The summed E-state index contributed by atoms with van der Waals surface area (Å²) < 4.78 is 1.59. The highest BCUT2D eigenvalue weighted by Gasteiger charge is 2.13. The molecular weight excluding hydrogens is 264 g/mol. The summed E-state index contributed by atoms with van der Waals surface area (Å²) in [6.07, 6.45) is 9.91. The summed E-state index contributed by atoms with van der Waals surface area (Å²) in [7, 11) is 0. The minimum absolute atomic E-state index is 0.00917.